The van der Waals surface area contributed by atoms with Crippen molar-refractivity contribution in [2.45, 2.75) is 32.1 Å². The van der Waals surface area contributed by atoms with Crippen molar-refractivity contribution in [2.24, 2.45) is 5.92 Å². The van der Waals surface area contributed by atoms with Crippen LogP contribution >= 0.6 is 0 Å². The Morgan fingerprint density at radius 2 is 2.23 bits per heavy atom. The number of carboxylic acids is 1. The number of carboxylic acid groups (broad SMARTS) is 1. The van der Waals surface area contributed by atoms with Crippen LogP contribution in [0.25, 0.3) is 0 Å². The van der Waals surface area contributed by atoms with Gasteiger partial charge in [0.15, 0.2) is 0 Å². The summed E-state index contributed by atoms with van der Waals surface area (Å²) in [7, 11) is 2.08. The van der Waals surface area contributed by atoms with E-state index in [2.05, 4.69) is 11.9 Å². The summed E-state index contributed by atoms with van der Waals surface area (Å²) >= 11 is 0. The predicted octanol–water partition coefficient (Wildman–Crippen LogP) is 1.58. The molecule has 0 spiro atoms. The minimum Gasteiger partial charge on any atom is -0.481 e. The van der Waals surface area contributed by atoms with Crippen molar-refractivity contribution in [3.05, 3.63) is 0 Å². The highest BCUT2D eigenvalue weighted by molar-refractivity contribution is 5.66. The quantitative estimate of drug-likeness (QED) is 0.683. The molecule has 0 aromatic heterocycles. The molecule has 1 aliphatic carbocycles. The second-order valence-electron chi connectivity index (χ2n) is 4.06. The Bertz CT molecular complexity index is 166. The molecular weight excluding hydrogens is 166 g/mol. The Morgan fingerprint density at radius 1 is 1.54 bits per heavy atom. The minimum atomic E-state index is -0.683. The Labute approximate surface area is 79.7 Å². The average Bonchev–Trinajstić information content (AvgIpc) is 1.96. The van der Waals surface area contributed by atoms with Crippen LogP contribution in [0.4, 0.5) is 0 Å². The lowest BCUT2D eigenvalue weighted by atomic mass is 9.85. The van der Waals surface area contributed by atoms with Crippen LogP contribution < -0.4 is 0 Å². The van der Waals surface area contributed by atoms with Crippen LogP contribution in [-0.2, 0) is 4.79 Å². The highest BCUT2D eigenvalue weighted by atomic mass is 16.4. The van der Waals surface area contributed by atoms with Crippen molar-refractivity contribution >= 4 is 5.97 Å². The fourth-order valence-corrected chi connectivity index (χ4v) is 1.71. The van der Waals surface area contributed by atoms with Gasteiger partial charge in [-0.3, -0.25) is 4.79 Å². The van der Waals surface area contributed by atoms with E-state index >= 15 is 0 Å². The summed E-state index contributed by atoms with van der Waals surface area (Å²) in [6.45, 7) is 2.07. The molecule has 0 amide bonds. The molecule has 1 N–H and O–H groups in total. The zero-order valence-electron chi connectivity index (χ0n) is 8.33. The van der Waals surface area contributed by atoms with E-state index in [-0.39, 0.29) is 0 Å². The number of aliphatic carboxylic acids is 1. The van der Waals surface area contributed by atoms with E-state index in [0.717, 1.165) is 25.4 Å². The number of rotatable bonds is 6. The predicted molar refractivity (Wildman–Crippen MR) is 51.7 cm³/mol. The van der Waals surface area contributed by atoms with Gasteiger partial charge in [-0.1, -0.05) is 6.42 Å². The highest BCUT2D eigenvalue weighted by Crippen LogP contribution is 2.26. The molecule has 1 fully saturated rings. The lowest BCUT2D eigenvalue weighted by Gasteiger charge is -2.29. The van der Waals surface area contributed by atoms with Crippen molar-refractivity contribution in [1.29, 1.82) is 0 Å². The summed E-state index contributed by atoms with van der Waals surface area (Å²) in [6.07, 6.45) is 5.19. The molecule has 13 heavy (non-hydrogen) atoms. The molecule has 0 saturated heterocycles. The SMILES string of the molecule is CN(CCCC(=O)O)CC1CCC1. The molecule has 1 rings (SSSR count). The summed E-state index contributed by atoms with van der Waals surface area (Å²) in [5.74, 6) is 0.201. The third kappa shape index (κ3) is 4.27. The molecule has 1 aliphatic rings. The molecule has 0 bridgehead atoms. The van der Waals surface area contributed by atoms with Crippen LogP contribution in [0.5, 0.6) is 0 Å². The van der Waals surface area contributed by atoms with Gasteiger partial charge in [-0.25, -0.2) is 0 Å². The lowest BCUT2D eigenvalue weighted by molar-refractivity contribution is -0.137. The molecule has 0 radical (unpaired) electrons. The number of carbonyl (C=O) groups is 1. The first kappa shape index (κ1) is 10.5. The second-order valence-corrected chi connectivity index (χ2v) is 4.06. The summed E-state index contributed by atoms with van der Waals surface area (Å²) in [5.41, 5.74) is 0. The van der Waals surface area contributed by atoms with Gasteiger partial charge in [-0.05, 0) is 38.8 Å². The van der Waals surface area contributed by atoms with Crippen LogP contribution in [0, 0.1) is 5.92 Å². The Morgan fingerprint density at radius 3 is 2.69 bits per heavy atom. The van der Waals surface area contributed by atoms with Crippen molar-refractivity contribution in [3.8, 4) is 0 Å². The third-order valence-electron chi connectivity index (χ3n) is 2.73. The van der Waals surface area contributed by atoms with E-state index in [4.69, 9.17) is 5.11 Å². The highest BCUT2D eigenvalue weighted by Gasteiger charge is 2.18. The standard InChI is InChI=1S/C10H19NO2/c1-11(7-3-6-10(12)13)8-9-4-2-5-9/h9H,2-8H2,1H3,(H,12,13). The first-order chi connectivity index (χ1) is 6.18. The molecule has 76 valence electrons. The smallest absolute Gasteiger partial charge is 0.303 e. The maximum Gasteiger partial charge on any atom is 0.303 e. The van der Waals surface area contributed by atoms with Crippen LogP contribution in [-0.4, -0.2) is 36.1 Å². The zero-order chi connectivity index (χ0) is 9.68. The fraction of sp³-hybridized carbons (Fsp3) is 0.900. The van der Waals surface area contributed by atoms with Gasteiger partial charge in [0.2, 0.25) is 0 Å². The van der Waals surface area contributed by atoms with Crippen molar-refractivity contribution < 1.29 is 9.90 Å². The first-order valence-corrected chi connectivity index (χ1v) is 5.09. The Balaban J connectivity index is 1.96. The van der Waals surface area contributed by atoms with Crippen LogP contribution in [0.15, 0.2) is 0 Å². The van der Waals surface area contributed by atoms with Gasteiger partial charge in [0.05, 0.1) is 0 Å². The van der Waals surface area contributed by atoms with E-state index in [0.29, 0.717) is 6.42 Å². The molecule has 0 aliphatic heterocycles. The fourth-order valence-electron chi connectivity index (χ4n) is 1.71. The molecule has 3 heteroatoms. The van der Waals surface area contributed by atoms with E-state index in [9.17, 15) is 4.79 Å². The molecule has 0 unspecified atom stereocenters. The van der Waals surface area contributed by atoms with Crippen molar-refractivity contribution in [3.63, 3.8) is 0 Å². The number of hydrogen-bond donors (Lipinski definition) is 1. The van der Waals surface area contributed by atoms with Gasteiger partial charge >= 0.3 is 5.97 Å². The summed E-state index contributed by atoms with van der Waals surface area (Å²) < 4.78 is 0. The Hall–Kier alpha value is -0.570. The maximum atomic E-state index is 10.3. The molecule has 1 saturated carbocycles. The van der Waals surface area contributed by atoms with Gasteiger partial charge in [0.25, 0.3) is 0 Å². The van der Waals surface area contributed by atoms with E-state index in [1.165, 1.54) is 19.3 Å². The molecule has 3 nitrogen and oxygen atoms in total. The molecule has 0 atom stereocenters. The molecule has 0 heterocycles. The van der Waals surface area contributed by atoms with Crippen LogP contribution in [0.1, 0.15) is 32.1 Å². The third-order valence-corrected chi connectivity index (χ3v) is 2.73. The van der Waals surface area contributed by atoms with Gasteiger partial charge in [0.1, 0.15) is 0 Å². The lowest BCUT2D eigenvalue weighted by Crippen LogP contribution is -2.30. The van der Waals surface area contributed by atoms with Gasteiger partial charge in [-0.2, -0.15) is 0 Å². The van der Waals surface area contributed by atoms with Gasteiger partial charge in [-0.15, -0.1) is 0 Å². The zero-order valence-corrected chi connectivity index (χ0v) is 8.33. The topological polar surface area (TPSA) is 40.5 Å². The number of nitrogens with zero attached hydrogens (tertiary/aromatic N) is 1. The maximum absolute atomic E-state index is 10.3. The van der Waals surface area contributed by atoms with Gasteiger partial charge < -0.3 is 10.0 Å². The van der Waals surface area contributed by atoms with Crippen LogP contribution in [0.3, 0.4) is 0 Å². The normalized spacial score (nSPS) is 17.4. The van der Waals surface area contributed by atoms with Gasteiger partial charge in [0, 0.05) is 13.0 Å². The van der Waals surface area contributed by atoms with E-state index in [1.807, 2.05) is 0 Å². The molecule has 0 aromatic carbocycles. The summed E-state index contributed by atoms with van der Waals surface area (Å²) in [4.78, 5) is 12.5. The largest absolute Gasteiger partial charge is 0.481 e. The molecular formula is C10H19NO2. The van der Waals surface area contributed by atoms with E-state index < -0.39 is 5.97 Å². The van der Waals surface area contributed by atoms with Crippen LogP contribution in [0.2, 0.25) is 0 Å². The van der Waals surface area contributed by atoms with Crippen molar-refractivity contribution in [2.75, 3.05) is 20.1 Å². The molecule has 0 aromatic rings. The van der Waals surface area contributed by atoms with E-state index in [1.54, 1.807) is 0 Å². The first-order valence-electron chi connectivity index (χ1n) is 5.09. The number of hydrogen-bond acceptors (Lipinski definition) is 2. The monoisotopic (exact) mass is 185 g/mol. The Kier molecular flexibility index (Phi) is 4.22. The summed E-state index contributed by atoms with van der Waals surface area (Å²) in [6, 6.07) is 0. The second kappa shape index (κ2) is 5.22. The summed E-state index contributed by atoms with van der Waals surface area (Å²) in [5, 5.41) is 8.45. The van der Waals surface area contributed by atoms with Crippen molar-refractivity contribution in [1.82, 2.24) is 4.90 Å². The average molecular weight is 185 g/mol. The minimum absolute atomic E-state index is 0.301.